The second-order valence-electron chi connectivity index (χ2n) is 3.29. The van der Waals surface area contributed by atoms with E-state index in [4.69, 9.17) is 5.73 Å². The summed E-state index contributed by atoms with van der Waals surface area (Å²) in [4.78, 5) is 3.18. The number of H-pyrrole nitrogens is 1. The van der Waals surface area contributed by atoms with Crippen LogP contribution < -0.4 is 5.73 Å². The molecule has 0 fully saturated rings. The number of nitrogens with two attached hydrogens (primary N) is 1. The van der Waals surface area contributed by atoms with Gasteiger partial charge in [0, 0.05) is 28.4 Å². The lowest BCUT2D eigenvalue weighted by Crippen LogP contribution is -1.83. The Labute approximate surface area is 77.1 Å². The van der Waals surface area contributed by atoms with Gasteiger partial charge in [-0.05, 0) is 30.7 Å². The maximum absolute atomic E-state index is 5.71. The van der Waals surface area contributed by atoms with Gasteiger partial charge in [-0.1, -0.05) is 6.58 Å². The Bertz CT molecular complexity index is 466. The predicted octanol–water partition coefficient (Wildman–Crippen LogP) is 2.78. The minimum absolute atomic E-state index is 0.787. The third-order valence-electron chi connectivity index (χ3n) is 2.17. The van der Waals surface area contributed by atoms with Crippen LogP contribution in [0.5, 0.6) is 0 Å². The van der Waals surface area contributed by atoms with Gasteiger partial charge in [-0.25, -0.2) is 0 Å². The monoisotopic (exact) mass is 172 g/mol. The molecule has 0 aliphatic heterocycles. The topological polar surface area (TPSA) is 41.8 Å². The van der Waals surface area contributed by atoms with E-state index < -0.39 is 0 Å². The highest BCUT2D eigenvalue weighted by atomic mass is 14.7. The van der Waals surface area contributed by atoms with E-state index in [1.165, 1.54) is 0 Å². The summed E-state index contributed by atoms with van der Waals surface area (Å²) in [5.41, 5.74) is 9.79. The zero-order chi connectivity index (χ0) is 9.42. The summed E-state index contributed by atoms with van der Waals surface area (Å²) in [7, 11) is 0. The van der Waals surface area contributed by atoms with Crippen LogP contribution in [0.15, 0.2) is 31.0 Å². The van der Waals surface area contributed by atoms with Crippen LogP contribution in [0.25, 0.3) is 16.5 Å². The number of anilines is 1. The molecule has 2 rings (SSSR count). The second-order valence-corrected chi connectivity index (χ2v) is 3.29. The Morgan fingerprint density at radius 3 is 2.92 bits per heavy atom. The van der Waals surface area contributed by atoms with Crippen molar-refractivity contribution < 1.29 is 0 Å². The molecule has 13 heavy (non-hydrogen) atoms. The molecule has 1 heterocycles. The average molecular weight is 172 g/mol. The first-order valence-corrected chi connectivity index (χ1v) is 4.21. The molecule has 0 aliphatic carbocycles. The van der Waals surface area contributed by atoms with Gasteiger partial charge >= 0.3 is 0 Å². The van der Waals surface area contributed by atoms with Gasteiger partial charge in [0.25, 0.3) is 0 Å². The van der Waals surface area contributed by atoms with E-state index in [0.29, 0.717) is 0 Å². The van der Waals surface area contributed by atoms with Crippen molar-refractivity contribution in [2.75, 3.05) is 5.73 Å². The lowest BCUT2D eigenvalue weighted by Gasteiger charge is -1.97. The minimum atomic E-state index is 0.787. The van der Waals surface area contributed by atoms with E-state index in [1.54, 1.807) is 0 Å². The average Bonchev–Trinajstić information content (AvgIpc) is 2.46. The van der Waals surface area contributed by atoms with Crippen molar-refractivity contribution in [2.45, 2.75) is 6.92 Å². The SMILES string of the molecule is C=C(C)c1c[nH]c2ccc(N)cc12. The van der Waals surface area contributed by atoms with Crippen molar-refractivity contribution in [1.82, 2.24) is 4.98 Å². The Morgan fingerprint density at radius 2 is 2.23 bits per heavy atom. The number of hydrogen-bond acceptors (Lipinski definition) is 1. The van der Waals surface area contributed by atoms with Crippen LogP contribution in [-0.4, -0.2) is 4.98 Å². The molecular weight excluding hydrogens is 160 g/mol. The van der Waals surface area contributed by atoms with Gasteiger partial charge in [-0.3, -0.25) is 0 Å². The van der Waals surface area contributed by atoms with Gasteiger partial charge in [-0.15, -0.1) is 0 Å². The van der Waals surface area contributed by atoms with Crippen LogP contribution in [0.4, 0.5) is 5.69 Å². The fraction of sp³-hybridized carbons (Fsp3) is 0.0909. The lowest BCUT2D eigenvalue weighted by molar-refractivity contribution is 1.46. The van der Waals surface area contributed by atoms with Crippen molar-refractivity contribution in [3.63, 3.8) is 0 Å². The maximum Gasteiger partial charge on any atom is 0.0461 e. The summed E-state index contributed by atoms with van der Waals surface area (Å²) in [6.07, 6.45) is 1.96. The first-order valence-electron chi connectivity index (χ1n) is 4.21. The molecular formula is C11H12N2. The number of rotatable bonds is 1. The van der Waals surface area contributed by atoms with E-state index in [1.807, 2.05) is 31.3 Å². The van der Waals surface area contributed by atoms with Crippen molar-refractivity contribution >= 4 is 22.2 Å². The molecule has 0 aliphatic rings. The Morgan fingerprint density at radius 1 is 1.46 bits per heavy atom. The number of fused-ring (bicyclic) bond motifs is 1. The van der Waals surface area contributed by atoms with E-state index in [9.17, 15) is 0 Å². The first kappa shape index (κ1) is 7.92. The number of aromatic amines is 1. The van der Waals surface area contributed by atoms with Gasteiger partial charge in [0.15, 0.2) is 0 Å². The highest BCUT2D eigenvalue weighted by molar-refractivity contribution is 5.93. The summed E-state index contributed by atoms with van der Waals surface area (Å²) >= 11 is 0. The molecule has 0 saturated heterocycles. The minimum Gasteiger partial charge on any atom is -0.399 e. The molecule has 0 atom stereocenters. The maximum atomic E-state index is 5.71. The summed E-state index contributed by atoms with van der Waals surface area (Å²) in [5.74, 6) is 0. The molecule has 0 unspecified atom stereocenters. The summed E-state index contributed by atoms with van der Waals surface area (Å²) in [5, 5.41) is 1.15. The first-order chi connectivity index (χ1) is 6.18. The van der Waals surface area contributed by atoms with Crippen molar-refractivity contribution in [2.24, 2.45) is 0 Å². The highest BCUT2D eigenvalue weighted by Gasteiger charge is 2.03. The molecule has 0 spiro atoms. The number of allylic oxidation sites excluding steroid dienone is 1. The molecule has 1 aromatic heterocycles. The molecule has 0 amide bonds. The Hall–Kier alpha value is -1.70. The van der Waals surface area contributed by atoms with E-state index in [0.717, 1.165) is 27.7 Å². The van der Waals surface area contributed by atoms with Gasteiger partial charge in [0.05, 0.1) is 0 Å². The van der Waals surface area contributed by atoms with Gasteiger partial charge < -0.3 is 10.7 Å². The molecule has 1 aromatic carbocycles. The third-order valence-corrected chi connectivity index (χ3v) is 2.17. The number of aromatic nitrogens is 1. The van der Waals surface area contributed by atoms with E-state index in [-0.39, 0.29) is 0 Å². The summed E-state index contributed by atoms with van der Waals surface area (Å²) < 4.78 is 0. The van der Waals surface area contributed by atoms with Crippen LogP contribution in [-0.2, 0) is 0 Å². The lowest BCUT2D eigenvalue weighted by atomic mass is 10.1. The molecule has 0 bridgehead atoms. The molecule has 0 saturated carbocycles. The fourth-order valence-electron chi connectivity index (χ4n) is 1.49. The number of nitrogens with one attached hydrogen (secondary N) is 1. The van der Waals surface area contributed by atoms with Crippen LogP contribution in [0.1, 0.15) is 12.5 Å². The zero-order valence-electron chi connectivity index (χ0n) is 7.59. The molecule has 3 N–H and O–H groups in total. The second kappa shape index (κ2) is 2.66. The third kappa shape index (κ3) is 1.20. The van der Waals surface area contributed by atoms with Crippen molar-refractivity contribution in [3.8, 4) is 0 Å². The standard InChI is InChI=1S/C11H12N2/c1-7(2)10-6-13-11-4-3-8(12)5-9(10)11/h3-6,13H,1,12H2,2H3. The molecule has 2 heteroatoms. The highest BCUT2D eigenvalue weighted by Crippen LogP contribution is 2.25. The number of nitrogen functional groups attached to an aromatic ring is 1. The van der Waals surface area contributed by atoms with E-state index in [2.05, 4.69) is 11.6 Å². The van der Waals surface area contributed by atoms with Gasteiger partial charge in [0.2, 0.25) is 0 Å². The molecule has 2 aromatic rings. The van der Waals surface area contributed by atoms with Crippen LogP contribution in [0.3, 0.4) is 0 Å². The van der Waals surface area contributed by atoms with Gasteiger partial charge in [0.1, 0.15) is 0 Å². The van der Waals surface area contributed by atoms with Crippen LogP contribution in [0.2, 0.25) is 0 Å². The summed E-state index contributed by atoms with van der Waals surface area (Å²) in [6.45, 7) is 5.91. The predicted molar refractivity (Wildman–Crippen MR) is 57.4 cm³/mol. The van der Waals surface area contributed by atoms with Crippen LogP contribution >= 0.6 is 0 Å². The zero-order valence-corrected chi connectivity index (χ0v) is 7.59. The Balaban J connectivity index is 2.79. The molecule has 66 valence electrons. The van der Waals surface area contributed by atoms with Gasteiger partial charge in [-0.2, -0.15) is 0 Å². The summed E-state index contributed by atoms with van der Waals surface area (Å²) in [6, 6.07) is 5.84. The quantitative estimate of drug-likeness (QED) is 0.638. The van der Waals surface area contributed by atoms with E-state index >= 15 is 0 Å². The Kier molecular flexibility index (Phi) is 1.62. The van der Waals surface area contributed by atoms with Crippen LogP contribution in [0, 0.1) is 0 Å². The smallest absolute Gasteiger partial charge is 0.0461 e. The number of benzene rings is 1. The molecule has 0 radical (unpaired) electrons. The normalized spacial score (nSPS) is 10.5. The molecule has 2 nitrogen and oxygen atoms in total. The number of hydrogen-bond donors (Lipinski definition) is 2. The largest absolute Gasteiger partial charge is 0.399 e. The fourth-order valence-corrected chi connectivity index (χ4v) is 1.49. The van der Waals surface area contributed by atoms with Crippen molar-refractivity contribution in [3.05, 3.63) is 36.5 Å². The van der Waals surface area contributed by atoms with Crippen molar-refractivity contribution in [1.29, 1.82) is 0 Å².